The number of aryl methyl sites for hydroxylation is 1. The van der Waals surface area contributed by atoms with Gasteiger partial charge in [-0.3, -0.25) is 4.90 Å². The zero-order valence-electron chi connectivity index (χ0n) is 20.3. The lowest BCUT2D eigenvalue weighted by Crippen LogP contribution is -2.46. The number of nitrogens with one attached hydrogen (secondary N) is 1. The zero-order chi connectivity index (χ0) is 24.1. The van der Waals surface area contributed by atoms with Gasteiger partial charge in [-0.25, -0.2) is 4.79 Å². The van der Waals surface area contributed by atoms with Gasteiger partial charge < -0.3 is 9.84 Å². The topological polar surface area (TPSA) is 71.3 Å². The van der Waals surface area contributed by atoms with E-state index in [-0.39, 0.29) is 12.1 Å². The van der Waals surface area contributed by atoms with Crippen molar-refractivity contribution in [1.29, 1.82) is 0 Å². The average molecular weight is 477 g/mol. The molecule has 0 saturated carbocycles. The first-order valence-electron chi connectivity index (χ1n) is 11.9. The first kappa shape index (κ1) is 24.1. The Morgan fingerprint density at radius 1 is 1.06 bits per heavy atom. The van der Waals surface area contributed by atoms with Crippen molar-refractivity contribution in [2.24, 2.45) is 0 Å². The predicted octanol–water partition coefficient (Wildman–Crippen LogP) is 6.71. The first-order chi connectivity index (χ1) is 16.5. The number of unbranched alkanes of at least 4 members (excludes halogenated alkanes) is 2. The van der Waals surface area contributed by atoms with Crippen molar-refractivity contribution in [2.45, 2.75) is 57.4 Å². The number of hydrogen-bond acceptors (Lipinski definition) is 5. The van der Waals surface area contributed by atoms with Gasteiger partial charge in [-0.05, 0) is 49.3 Å². The fraction of sp³-hybridized carbons (Fsp3) is 0.370. The van der Waals surface area contributed by atoms with E-state index in [1.54, 1.807) is 16.7 Å². The zero-order valence-corrected chi connectivity index (χ0v) is 21.1. The largest absolute Gasteiger partial charge is 0.334 e. The molecule has 1 aliphatic heterocycles. The number of carbonyl (C=O) groups excluding carboxylic acids is 1. The first-order valence-corrected chi connectivity index (χ1v) is 13.1. The number of thioether (sulfide) groups is 1. The molecule has 0 saturated heterocycles. The number of benzene rings is 2. The lowest BCUT2D eigenvalue weighted by molar-refractivity contribution is 0.204. The van der Waals surface area contributed by atoms with E-state index in [1.165, 1.54) is 10.5 Å². The molecule has 4 rings (SSSR count). The molecule has 0 aliphatic carbocycles. The normalized spacial score (nSPS) is 16.2. The van der Waals surface area contributed by atoms with Gasteiger partial charge in [-0.1, -0.05) is 68.2 Å². The molecular formula is C27H32N4O2S. The average Bonchev–Trinajstić information content (AvgIpc) is 3.35. The molecule has 0 spiro atoms. The summed E-state index contributed by atoms with van der Waals surface area (Å²) in [6.07, 6.45) is 6.15. The van der Waals surface area contributed by atoms with Crippen LogP contribution in [0, 0.1) is 0 Å². The van der Waals surface area contributed by atoms with Gasteiger partial charge in [0, 0.05) is 22.7 Å². The highest BCUT2D eigenvalue weighted by atomic mass is 32.2. The molecule has 1 aliphatic rings. The maximum atomic E-state index is 13.1. The van der Waals surface area contributed by atoms with Crippen LogP contribution in [0.2, 0.25) is 0 Å². The van der Waals surface area contributed by atoms with E-state index in [1.807, 2.05) is 25.3 Å². The summed E-state index contributed by atoms with van der Waals surface area (Å²) in [4.78, 5) is 20.8. The maximum Gasteiger partial charge on any atom is 0.322 e. The molecule has 178 valence electrons. The quantitative estimate of drug-likeness (QED) is 0.274. The van der Waals surface area contributed by atoms with Crippen LogP contribution in [-0.4, -0.2) is 33.9 Å². The van der Waals surface area contributed by atoms with E-state index >= 15 is 0 Å². The maximum absolute atomic E-state index is 13.1. The Kier molecular flexibility index (Phi) is 7.73. The van der Waals surface area contributed by atoms with E-state index in [0.717, 1.165) is 48.1 Å². The molecule has 0 radical (unpaired) electrons. The SMILES string of the molecule is CCCCCN1C(=O)NC(c2ccc(SC)cc2)C(c2nc(-c3ccc(CC)cc3)no2)=C1C. The Balaban J connectivity index is 1.74. The summed E-state index contributed by atoms with van der Waals surface area (Å²) in [6, 6.07) is 16.0. The Morgan fingerprint density at radius 2 is 1.79 bits per heavy atom. The minimum absolute atomic E-state index is 0.0915. The van der Waals surface area contributed by atoms with Crippen LogP contribution in [0.25, 0.3) is 17.0 Å². The predicted molar refractivity (Wildman–Crippen MR) is 137 cm³/mol. The highest BCUT2D eigenvalue weighted by Crippen LogP contribution is 2.38. The van der Waals surface area contributed by atoms with Crippen LogP contribution in [0.4, 0.5) is 4.79 Å². The number of carbonyl (C=O) groups is 1. The molecule has 6 nitrogen and oxygen atoms in total. The van der Waals surface area contributed by atoms with E-state index in [4.69, 9.17) is 9.51 Å². The summed E-state index contributed by atoms with van der Waals surface area (Å²) in [5.74, 6) is 0.982. The van der Waals surface area contributed by atoms with Crippen LogP contribution >= 0.6 is 11.8 Å². The van der Waals surface area contributed by atoms with Crippen molar-refractivity contribution in [2.75, 3.05) is 12.8 Å². The molecule has 2 heterocycles. The Morgan fingerprint density at radius 3 is 2.44 bits per heavy atom. The second-order valence-corrected chi connectivity index (χ2v) is 9.37. The number of urea groups is 1. The summed E-state index contributed by atoms with van der Waals surface area (Å²) < 4.78 is 5.79. The van der Waals surface area contributed by atoms with E-state index in [2.05, 4.69) is 60.7 Å². The summed E-state index contributed by atoms with van der Waals surface area (Å²) in [7, 11) is 0. The molecule has 1 aromatic heterocycles. The number of rotatable bonds is 9. The van der Waals surface area contributed by atoms with E-state index in [0.29, 0.717) is 18.3 Å². The molecule has 1 unspecified atom stereocenters. The minimum atomic E-state index is -0.360. The smallest absolute Gasteiger partial charge is 0.322 e. The standard InChI is InChI=1S/C27H32N4O2S/c1-5-7-8-17-31-18(3)23(24(28-27(31)32)20-13-15-22(34-4)16-14-20)26-29-25(30-33-26)21-11-9-19(6-2)10-12-21/h9-16,24H,5-8,17H2,1-4H3,(H,28,32). The number of aromatic nitrogens is 2. The van der Waals surface area contributed by atoms with Gasteiger partial charge in [-0.2, -0.15) is 4.98 Å². The Labute approximate surface area is 205 Å². The lowest BCUT2D eigenvalue weighted by atomic mass is 9.94. The number of amides is 2. The van der Waals surface area contributed by atoms with Gasteiger partial charge >= 0.3 is 6.03 Å². The van der Waals surface area contributed by atoms with Crippen molar-refractivity contribution in [1.82, 2.24) is 20.4 Å². The molecule has 2 amide bonds. The fourth-order valence-electron chi connectivity index (χ4n) is 4.23. The van der Waals surface area contributed by atoms with Crippen molar-refractivity contribution >= 4 is 23.4 Å². The van der Waals surface area contributed by atoms with Crippen LogP contribution in [0.5, 0.6) is 0 Å². The summed E-state index contributed by atoms with van der Waals surface area (Å²) >= 11 is 1.69. The number of nitrogens with zero attached hydrogens (tertiary/aromatic N) is 3. The molecular weight excluding hydrogens is 444 g/mol. The summed E-state index contributed by atoms with van der Waals surface area (Å²) in [6.45, 7) is 6.92. The molecule has 0 fully saturated rings. The second-order valence-electron chi connectivity index (χ2n) is 8.49. The van der Waals surface area contributed by atoms with Gasteiger partial charge in [0.05, 0.1) is 11.6 Å². The third-order valence-electron chi connectivity index (χ3n) is 6.31. The molecule has 3 aromatic rings. The highest BCUT2D eigenvalue weighted by molar-refractivity contribution is 7.98. The second kappa shape index (κ2) is 10.9. The Hall–Kier alpha value is -3.06. The van der Waals surface area contributed by atoms with Crippen LogP contribution in [0.15, 0.2) is 63.6 Å². The molecule has 2 aromatic carbocycles. The number of allylic oxidation sites excluding steroid dienone is 1. The van der Waals surface area contributed by atoms with Gasteiger partial charge in [0.25, 0.3) is 5.89 Å². The highest BCUT2D eigenvalue weighted by Gasteiger charge is 2.35. The molecule has 34 heavy (non-hydrogen) atoms. The number of hydrogen-bond donors (Lipinski definition) is 1. The van der Waals surface area contributed by atoms with Crippen molar-refractivity contribution < 1.29 is 9.32 Å². The van der Waals surface area contributed by atoms with E-state index < -0.39 is 0 Å². The van der Waals surface area contributed by atoms with Crippen LogP contribution < -0.4 is 5.32 Å². The Bertz CT molecular complexity index is 1150. The van der Waals surface area contributed by atoms with Crippen molar-refractivity contribution in [3.05, 3.63) is 71.2 Å². The molecule has 1 atom stereocenters. The molecule has 7 heteroatoms. The van der Waals surface area contributed by atoms with Crippen LogP contribution in [0.3, 0.4) is 0 Å². The monoisotopic (exact) mass is 476 g/mol. The van der Waals surface area contributed by atoms with Crippen molar-refractivity contribution in [3.8, 4) is 11.4 Å². The van der Waals surface area contributed by atoms with Gasteiger partial charge in [0.1, 0.15) is 0 Å². The summed E-state index contributed by atoms with van der Waals surface area (Å²) in [5.41, 5.74) is 4.86. The van der Waals surface area contributed by atoms with Crippen molar-refractivity contribution in [3.63, 3.8) is 0 Å². The van der Waals surface area contributed by atoms with Gasteiger partial charge in [0.2, 0.25) is 5.82 Å². The third-order valence-corrected chi connectivity index (χ3v) is 7.05. The summed E-state index contributed by atoms with van der Waals surface area (Å²) in [5, 5.41) is 7.46. The molecule has 0 bridgehead atoms. The lowest BCUT2D eigenvalue weighted by Gasteiger charge is -2.35. The van der Waals surface area contributed by atoms with Crippen LogP contribution in [-0.2, 0) is 6.42 Å². The molecule has 1 N–H and O–H groups in total. The fourth-order valence-corrected chi connectivity index (χ4v) is 4.64. The minimum Gasteiger partial charge on any atom is -0.334 e. The van der Waals surface area contributed by atoms with Gasteiger partial charge in [-0.15, -0.1) is 11.8 Å². The van der Waals surface area contributed by atoms with E-state index in [9.17, 15) is 4.79 Å². The third kappa shape index (κ3) is 5.04. The van der Waals surface area contributed by atoms with Gasteiger partial charge in [0.15, 0.2) is 0 Å². The van der Waals surface area contributed by atoms with Crippen LogP contribution in [0.1, 0.15) is 63.1 Å².